The lowest BCUT2D eigenvalue weighted by Crippen LogP contribution is -2.45. The molecule has 3 rings (SSSR count). The van der Waals surface area contributed by atoms with Crippen LogP contribution >= 0.6 is 12.2 Å². The van der Waals surface area contributed by atoms with Crippen LogP contribution < -0.4 is 20.7 Å². The lowest BCUT2D eigenvalue weighted by molar-refractivity contribution is -0.384. The molecule has 2 aromatic rings. The summed E-state index contributed by atoms with van der Waals surface area (Å²) in [6.45, 7) is 3.91. The van der Waals surface area contributed by atoms with Crippen LogP contribution in [0.15, 0.2) is 53.7 Å². The Morgan fingerprint density at radius 3 is 2.63 bits per heavy atom. The molecule has 10 heteroatoms. The first-order valence-corrected chi connectivity index (χ1v) is 9.50. The van der Waals surface area contributed by atoms with Gasteiger partial charge in [0.1, 0.15) is 0 Å². The number of anilines is 1. The fourth-order valence-electron chi connectivity index (χ4n) is 3.09. The van der Waals surface area contributed by atoms with E-state index in [1.165, 1.54) is 30.3 Å². The molecule has 0 saturated carbocycles. The van der Waals surface area contributed by atoms with Crippen LogP contribution in [0.1, 0.15) is 25.5 Å². The van der Waals surface area contributed by atoms with Gasteiger partial charge in [-0.1, -0.05) is 6.07 Å². The highest BCUT2D eigenvalue weighted by Crippen LogP contribution is 2.34. The zero-order valence-electron chi connectivity index (χ0n) is 16.3. The van der Waals surface area contributed by atoms with Crippen molar-refractivity contribution in [3.05, 3.63) is 69.4 Å². The second-order valence-corrected chi connectivity index (χ2v) is 6.90. The summed E-state index contributed by atoms with van der Waals surface area (Å²) in [6.07, 6.45) is 0. The van der Waals surface area contributed by atoms with Gasteiger partial charge in [-0.25, -0.2) is 0 Å². The number of carbonyl (C=O) groups is 1. The Labute approximate surface area is 177 Å². The third kappa shape index (κ3) is 4.49. The number of non-ortho nitro benzene ring substituents is 1. The summed E-state index contributed by atoms with van der Waals surface area (Å²) in [6, 6.07) is 9.79. The molecule has 0 spiro atoms. The van der Waals surface area contributed by atoms with E-state index in [0.29, 0.717) is 40.0 Å². The van der Waals surface area contributed by atoms with Crippen molar-refractivity contribution >= 4 is 34.6 Å². The quantitative estimate of drug-likeness (QED) is 0.314. The van der Waals surface area contributed by atoms with Gasteiger partial charge < -0.3 is 25.8 Å². The van der Waals surface area contributed by atoms with Crippen LogP contribution in [0.5, 0.6) is 11.5 Å². The summed E-state index contributed by atoms with van der Waals surface area (Å²) in [5.74, 6) is -0.108. The van der Waals surface area contributed by atoms with Gasteiger partial charge in [0.05, 0.1) is 23.1 Å². The zero-order chi connectivity index (χ0) is 21.8. The molecule has 156 valence electrons. The van der Waals surface area contributed by atoms with Gasteiger partial charge in [0.2, 0.25) is 0 Å². The number of nitro groups is 1. The van der Waals surface area contributed by atoms with Gasteiger partial charge in [-0.2, -0.15) is 0 Å². The number of hydrogen-bond donors (Lipinski definition) is 4. The molecule has 1 amide bonds. The van der Waals surface area contributed by atoms with Crippen LogP contribution in [0, 0.1) is 10.1 Å². The van der Waals surface area contributed by atoms with Crippen molar-refractivity contribution in [2.45, 2.75) is 19.9 Å². The lowest BCUT2D eigenvalue weighted by atomic mass is 9.94. The molecule has 1 heterocycles. The molecule has 0 aromatic heterocycles. The van der Waals surface area contributed by atoms with Crippen LogP contribution in [0.4, 0.5) is 11.4 Å². The summed E-state index contributed by atoms with van der Waals surface area (Å²) < 4.78 is 5.45. The SMILES string of the molecule is CCOc1cc(C2NC(=S)NC(C)=C2C(=O)Nc2ccc([N+](=O)[O-])cc2)ccc1O. The van der Waals surface area contributed by atoms with Gasteiger partial charge in [-0.15, -0.1) is 0 Å². The number of allylic oxidation sites excluding steroid dienone is 1. The number of phenols is 1. The van der Waals surface area contributed by atoms with Crippen LogP contribution in [-0.4, -0.2) is 27.7 Å². The summed E-state index contributed by atoms with van der Waals surface area (Å²) >= 11 is 5.25. The predicted octanol–water partition coefficient (Wildman–Crippen LogP) is 3.13. The Kier molecular flexibility index (Phi) is 6.17. The van der Waals surface area contributed by atoms with E-state index in [-0.39, 0.29) is 11.4 Å². The molecule has 4 N–H and O–H groups in total. The van der Waals surface area contributed by atoms with E-state index < -0.39 is 16.9 Å². The van der Waals surface area contributed by atoms with Crippen molar-refractivity contribution in [3.63, 3.8) is 0 Å². The van der Waals surface area contributed by atoms with Gasteiger partial charge in [-0.05, 0) is 55.9 Å². The standard InChI is InChI=1S/C20H20N4O5S/c1-3-29-16-10-12(4-9-15(16)25)18-17(11(2)21-20(30)23-18)19(26)22-13-5-7-14(8-6-13)24(27)28/h4-10,18,25H,3H2,1-2H3,(H,22,26)(H2,21,23,30). The minimum atomic E-state index is -0.586. The summed E-state index contributed by atoms with van der Waals surface area (Å²) in [7, 11) is 0. The van der Waals surface area contributed by atoms with Gasteiger partial charge in [0, 0.05) is 23.5 Å². The van der Waals surface area contributed by atoms with E-state index in [1.54, 1.807) is 26.0 Å². The van der Waals surface area contributed by atoms with E-state index in [4.69, 9.17) is 17.0 Å². The molecule has 9 nitrogen and oxygen atoms in total. The van der Waals surface area contributed by atoms with E-state index >= 15 is 0 Å². The van der Waals surface area contributed by atoms with Crippen LogP contribution in [0.25, 0.3) is 0 Å². The smallest absolute Gasteiger partial charge is 0.269 e. The molecular weight excluding hydrogens is 408 g/mol. The highest BCUT2D eigenvalue weighted by molar-refractivity contribution is 7.80. The topological polar surface area (TPSA) is 126 Å². The maximum absolute atomic E-state index is 13.1. The Balaban J connectivity index is 1.92. The van der Waals surface area contributed by atoms with Crippen molar-refractivity contribution in [2.24, 2.45) is 0 Å². The van der Waals surface area contributed by atoms with Crippen molar-refractivity contribution in [1.29, 1.82) is 0 Å². The molecule has 2 aromatic carbocycles. The predicted molar refractivity (Wildman–Crippen MR) is 115 cm³/mol. The first-order valence-electron chi connectivity index (χ1n) is 9.10. The Morgan fingerprint density at radius 2 is 2.00 bits per heavy atom. The van der Waals surface area contributed by atoms with Crippen molar-refractivity contribution < 1.29 is 19.6 Å². The number of thiocarbonyl (C=S) groups is 1. The van der Waals surface area contributed by atoms with Crippen LogP contribution in [0.2, 0.25) is 0 Å². The third-order valence-corrected chi connectivity index (χ3v) is 4.69. The molecule has 0 radical (unpaired) electrons. The molecule has 0 aliphatic carbocycles. The number of ether oxygens (including phenoxy) is 1. The average Bonchev–Trinajstić information content (AvgIpc) is 2.69. The van der Waals surface area contributed by atoms with Crippen molar-refractivity contribution in [2.75, 3.05) is 11.9 Å². The number of phenolic OH excluding ortho intramolecular Hbond substituents is 1. The minimum absolute atomic E-state index is 0.00491. The number of amides is 1. The van der Waals surface area contributed by atoms with Crippen molar-refractivity contribution in [3.8, 4) is 11.5 Å². The molecule has 1 aliphatic heterocycles. The van der Waals surface area contributed by atoms with E-state index in [0.717, 1.165) is 0 Å². The fraction of sp³-hybridized carbons (Fsp3) is 0.200. The number of benzene rings is 2. The summed E-state index contributed by atoms with van der Waals surface area (Å²) in [5, 5.41) is 29.9. The highest BCUT2D eigenvalue weighted by atomic mass is 32.1. The van der Waals surface area contributed by atoms with E-state index in [2.05, 4.69) is 16.0 Å². The molecule has 0 bridgehead atoms. The van der Waals surface area contributed by atoms with Crippen molar-refractivity contribution in [1.82, 2.24) is 10.6 Å². The number of aromatic hydroxyl groups is 1. The Hall–Kier alpha value is -3.66. The average molecular weight is 428 g/mol. The molecule has 1 aliphatic rings. The first-order chi connectivity index (χ1) is 14.3. The van der Waals surface area contributed by atoms with Gasteiger partial charge in [0.15, 0.2) is 16.6 Å². The van der Waals surface area contributed by atoms with Gasteiger partial charge >= 0.3 is 0 Å². The molecule has 0 fully saturated rings. The van der Waals surface area contributed by atoms with Crippen LogP contribution in [-0.2, 0) is 4.79 Å². The maximum atomic E-state index is 13.1. The van der Waals surface area contributed by atoms with Gasteiger partial charge in [-0.3, -0.25) is 14.9 Å². The lowest BCUT2D eigenvalue weighted by Gasteiger charge is -2.30. The van der Waals surface area contributed by atoms with Crippen LogP contribution in [0.3, 0.4) is 0 Å². The summed E-state index contributed by atoms with van der Waals surface area (Å²) in [5.41, 5.74) is 1.97. The highest BCUT2D eigenvalue weighted by Gasteiger charge is 2.30. The number of rotatable bonds is 6. The number of carbonyl (C=O) groups excluding carboxylic acids is 1. The van der Waals surface area contributed by atoms with E-state index in [9.17, 15) is 20.0 Å². The molecular formula is C20H20N4O5S. The zero-order valence-corrected chi connectivity index (χ0v) is 17.1. The first kappa shape index (κ1) is 21.1. The monoisotopic (exact) mass is 428 g/mol. The molecule has 1 unspecified atom stereocenters. The summed E-state index contributed by atoms with van der Waals surface area (Å²) in [4.78, 5) is 23.4. The number of nitrogens with zero attached hydrogens (tertiary/aromatic N) is 1. The molecule has 30 heavy (non-hydrogen) atoms. The molecule has 1 atom stereocenters. The number of hydrogen-bond acceptors (Lipinski definition) is 6. The largest absolute Gasteiger partial charge is 0.504 e. The second kappa shape index (κ2) is 8.78. The second-order valence-electron chi connectivity index (χ2n) is 6.49. The minimum Gasteiger partial charge on any atom is -0.504 e. The van der Waals surface area contributed by atoms with E-state index in [1.807, 2.05) is 0 Å². The molecule has 0 saturated heterocycles. The normalized spacial score (nSPS) is 15.8. The number of nitro benzene ring substituents is 1. The van der Waals surface area contributed by atoms with Gasteiger partial charge in [0.25, 0.3) is 11.6 Å². The fourth-order valence-corrected chi connectivity index (χ4v) is 3.36. The Morgan fingerprint density at radius 1 is 1.30 bits per heavy atom. The number of nitrogens with one attached hydrogen (secondary N) is 3. The Bertz CT molecular complexity index is 1040. The third-order valence-electron chi connectivity index (χ3n) is 4.47. The maximum Gasteiger partial charge on any atom is 0.269 e.